The van der Waals surface area contributed by atoms with Crippen molar-refractivity contribution >= 4 is 0 Å². The molecule has 3 nitrogen and oxygen atoms in total. The van der Waals surface area contributed by atoms with Crippen LogP contribution in [-0.2, 0) is 0 Å². The van der Waals surface area contributed by atoms with Crippen molar-refractivity contribution in [3.8, 4) is 5.69 Å². The summed E-state index contributed by atoms with van der Waals surface area (Å²) in [6.07, 6.45) is 6.15. The summed E-state index contributed by atoms with van der Waals surface area (Å²) < 4.78 is 14.7. The quantitative estimate of drug-likeness (QED) is 0.664. The maximum absolute atomic E-state index is 13.2. The second kappa shape index (κ2) is 2.97. The van der Waals surface area contributed by atoms with E-state index in [9.17, 15) is 4.39 Å². The Kier molecular flexibility index (Phi) is 1.81. The van der Waals surface area contributed by atoms with Gasteiger partial charge < -0.3 is 0 Å². The van der Waals surface area contributed by atoms with E-state index in [1.54, 1.807) is 18.5 Å². The van der Waals surface area contributed by atoms with E-state index < -0.39 is 0 Å². The number of hydrogen-bond donors (Lipinski definition) is 0. The number of halogens is 1. The first-order chi connectivity index (χ1) is 6.27. The Morgan fingerprint density at radius 1 is 1.38 bits per heavy atom. The molecule has 0 spiro atoms. The summed E-state index contributed by atoms with van der Waals surface area (Å²) in [6.45, 7) is 1.91. The predicted molar refractivity (Wildman–Crippen MR) is 46.1 cm³/mol. The summed E-state index contributed by atoms with van der Waals surface area (Å²) >= 11 is 0. The van der Waals surface area contributed by atoms with Gasteiger partial charge >= 0.3 is 0 Å². The topological polar surface area (TPSA) is 30.7 Å². The highest BCUT2D eigenvalue weighted by Gasteiger charge is 2.03. The van der Waals surface area contributed by atoms with Crippen LogP contribution in [0, 0.1) is 12.7 Å². The number of nitrogens with zero attached hydrogens (tertiary/aromatic N) is 3. The maximum Gasteiger partial charge on any atom is 0.167 e. The number of rotatable bonds is 1. The first-order valence-corrected chi connectivity index (χ1v) is 3.88. The average molecular weight is 177 g/mol. The van der Waals surface area contributed by atoms with Gasteiger partial charge in [-0.25, -0.2) is 9.07 Å². The molecule has 0 N–H and O–H groups in total. The van der Waals surface area contributed by atoms with E-state index in [1.807, 2.05) is 6.92 Å². The zero-order valence-electron chi connectivity index (χ0n) is 7.11. The van der Waals surface area contributed by atoms with Crippen molar-refractivity contribution in [2.45, 2.75) is 6.92 Å². The van der Waals surface area contributed by atoms with Crippen LogP contribution in [-0.4, -0.2) is 14.8 Å². The summed E-state index contributed by atoms with van der Waals surface area (Å²) in [7, 11) is 0. The largest absolute Gasteiger partial charge is 0.262 e. The van der Waals surface area contributed by atoms with Gasteiger partial charge in [0.15, 0.2) is 5.82 Å². The number of aromatic nitrogens is 3. The molecule has 2 aromatic heterocycles. The predicted octanol–water partition coefficient (Wildman–Crippen LogP) is 1.71. The van der Waals surface area contributed by atoms with E-state index in [1.165, 1.54) is 17.1 Å². The second-order valence-corrected chi connectivity index (χ2v) is 2.79. The molecule has 2 aromatic rings. The van der Waals surface area contributed by atoms with Gasteiger partial charge in [-0.05, 0) is 18.6 Å². The molecule has 0 atom stereocenters. The lowest BCUT2D eigenvalue weighted by molar-refractivity contribution is 0.604. The fraction of sp³-hybridized carbons (Fsp3) is 0.111. The SMILES string of the molecule is Cc1cnn(-c2ccncc2F)c1. The molecule has 0 amide bonds. The fourth-order valence-electron chi connectivity index (χ4n) is 1.10. The number of pyridine rings is 1. The maximum atomic E-state index is 13.2. The van der Waals surface area contributed by atoms with Gasteiger partial charge in [-0.2, -0.15) is 5.10 Å². The molecule has 0 fully saturated rings. The minimum Gasteiger partial charge on any atom is -0.262 e. The molecule has 0 radical (unpaired) electrons. The van der Waals surface area contributed by atoms with Crippen LogP contribution < -0.4 is 0 Å². The Bertz CT molecular complexity index is 422. The average Bonchev–Trinajstić information content (AvgIpc) is 2.53. The Morgan fingerprint density at radius 3 is 2.85 bits per heavy atom. The van der Waals surface area contributed by atoms with Crippen molar-refractivity contribution in [2.75, 3.05) is 0 Å². The Labute approximate surface area is 74.8 Å². The third-order valence-electron chi connectivity index (χ3n) is 1.71. The molecule has 0 bridgehead atoms. The lowest BCUT2D eigenvalue weighted by atomic mass is 10.4. The normalized spacial score (nSPS) is 10.3. The molecule has 0 unspecified atom stereocenters. The van der Waals surface area contributed by atoms with Crippen LogP contribution in [0.3, 0.4) is 0 Å². The van der Waals surface area contributed by atoms with Crippen LogP contribution in [0.4, 0.5) is 4.39 Å². The van der Waals surface area contributed by atoms with Crippen LogP contribution in [0.25, 0.3) is 5.69 Å². The summed E-state index contributed by atoms with van der Waals surface area (Å²) in [5, 5.41) is 4.00. The minimum atomic E-state index is -0.370. The molecule has 2 heterocycles. The monoisotopic (exact) mass is 177 g/mol. The molecule has 0 saturated heterocycles. The zero-order valence-corrected chi connectivity index (χ0v) is 7.11. The van der Waals surface area contributed by atoms with E-state index in [2.05, 4.69) is 10.1 Å². The molecule has 0 aliphatic heterocycles. The van der Waals surface area contributed by atoms with E-state index in [0.29, 0.717) is 5.69 Å². The van der Waals surface area contributed by atoms with Crippen LogP contribution in [0.1, 0.15) is 5.56 Å². The Hall–Kier alpha value is -1.71. The van der Waals surface area contributed by atoms with Crippen LogP contribution >= 0.6 is 0 Å². The Balaban J connectivity index is 2.52. The van der Waals surface area contributed by atoms with Crippen molar-refractivity contribution < 1.29 is 4.39 Å². The van der Waals surface area contributed by atoms with Crippen LogP contribution in [0.5, 0.6) is 0 Å². The van der Waals surface area contributed by atoms with Crippen molar-refractivity contribution in [3.05, 3.63) is 42.2 Å². The van der Waals surface area contributed by atoms with Crippen LogP contribution in [0.15, 0.2) is 30.9 Å². The molecule has 2 rings (SSSR count). The first kappa shape index (κ1) is 7.91. The summed E-state index contributed by atoms with van der Waals surface area (Å²) in [6, 6.07) is 1.59. The van der Waals surface area contributed by atoms with Gasteiger partial charge in [-0.3, -0.25) is 4.98 Å². The van der Waals surface area contributed by atoms with E-state index in [4.69, 9.17) is 0 Å². The fourth-order valence-corrected chi connectivity index (χ4v) is 1.10. The van der Waals surface area contributed by atoms with Gasteiger partial charge in [0.25, 0.3) is 0 Å². The zero-order chi connectivity index (χ0) is 9.26. The van der Waals surface area contributed by atoms with Gasteiger partial charge in [0.2, 0.25) is 0 Å². The molecule has 0 saturated carbocycles. The molecular formula is C9H8FN3. The highest BCUT2D eigenvalue weighted by Crippen LogP contribution is 2.10. The van der Waals surface area contributed by atoms with Crippen LogP contribution in [0.2, 0.25) is 0 Å². The number of hydrogen-bond acceptors (Lipinski definition) is 2. The van der Waals surface area contributed by atoms with Crippen molar-refractivity contribution in [2.24, 2.45) is 0 Å². The van der Waals surface area contributed by atoms with Gasteiger partial charge in [-0.1, -0.05) is 0 Å². The first-order valence-electron chi connectivity index (χ1n) is 3.88. The van der Waals surface area contributed by atoms with Gasteiger partial charge in [0.05, 0.1) is 12.4 Å². The van der Waals surface area contributed by atoms with Gasteiger partial charge in [0.1, 0.15) is 5.69 Å². The summed E-state index contributed by atoms with van der Waals surface area (Å²) in [5.41, 5.74) is 1.42. The standard InChI is InChI=1S/C9H8FN3/c1-7-4-12-13(6-7)9-2-3-11-5-8(9)10/h2-6H,1H3. The van der Waals surface area contributed by atoms with Gasteiger partial charge in [-0.15, -0.1) is 0 Å². The third kappa shape index (κ3) is 1.42. The minimum absolute atomic E-state index is 0.370. The molecule has 0 aromatic carbocycles. The van der Waals surface area contributed by atoms with Gasteiger partial charge in [0, 0.05) is 12.4 Å². The van der Waals surface area contributed by atoms with E-state index in [-0.39, 0.29) is 5.82 Å². The molecule has 13 heavy (non-hydrogen) atoms. The second-order valence-electron chi connectivity index (χ2n) is 2.79. The number of aryl methyl sites for hydroxylation is 1. The lowest BCUT2D eigenvalue weighted by Gasteiger charge is -2.00. The molecular weight excluding hydrogens is 169 g/mol. The smallest absolute Gasteiger partial charge is 0.167 e. The molecule has 0 aliphatic carbocycles. The van der Waals surface area contributed by atoms with E-state index >= 15 is 0 Å². The summed E-state index contributed by atoms with van der Waals surface area (Å²) in [4.78, 5) is 3.66. The van der Waals surface area contributed by atoms with Crippen molar-refractivity contribution in [1.82, 2.24) is 14.8 Å². The Morgan fingerprint density at radius 2 is 2.23 bits per heavy atom. The molecule has 4 heteroatoms. The third-order valence-corrected chi connectivity index (χ3v) is 1.71. The molecule has 0 aliphatic rings. The highest BCUT2D eigenvalue weighted by atomic mass is 19.1. The van der Waals surface area contributed by atoms with E-state index in [0.717, 1.165) is 5.56 Å². The van der Waals surface area contributed by atoms with Crippen molar-refractivity contribution in [1.29, 1.82) is 0 Å². The highest BCUT2D eigenvalue weighted by molar-refractivity contribution is 5.30. The summed E-state index contributed by atoms with van der Waals surface area (Å²) in [5.74, 6) is -0.370. The lowest BCUT2D eigenvalue weighted by Crippen LogP contribution is -1.97. The molecule has 66 valence electrons. The van der Waals surface area contributed by atoms with Crippen molar-refractivity contribution in [3.63, 3.8) is 0 Å².